The first-order valence-corrected chi connectivity index (χ1v) is 10.0. The standard InChI is InChI=1S/C23H28N2O2/c26-23(20-11-12-20)25(21-9-5-2-6-10-21)18-22-17-24(15-16-27-22)14-13-19-7-3-1-4-8-19/h1-10,20,22H,11-18H2. The molecular formula is C23H28N2O2. The number of anilines is 1. The molecular weight excluding hydrogens is 336 g/mol. The number of ether oxygens (including phenoxy) is 1. The van der Waals surface area contributed by atoms with Crippen LogP contribution in [0.1, 0.15) is 18.4 Å². The van der Waals surface area contributed by atoms with Crippen LogP contribution in [0.25, 0.3) is 0 Å². The molecule has 142 valence electrons. The predicted octanol–water partition coefficient (Wildman–Crippen LogP) is 3.37. The van der Waals surface area contributed by atoms with E-state index in [9.17, 15) is 4.79 Å². The van der Waals surface area contributed by atoms with E-state index in [1.807, 2.05) is 35.2 Å². The summed E-state index contributed by atoms with van der Waals surface area (Å²) in [5.41, 5.74) is 2.36. The van der Waals surface area contributed by atoms with Gasteiger partial charge in [-0.1, -0.05) is 48.5 Å². The summed E-state index contributed by atoms with van der Waals surface area (Å²) in [5.74, 6) is 0.467. The first kappa shape index (κ1) is 18.2. The number of morpholine rings is 1. The minimum atomic E-state index is 0.0671. The first-order chi connectivity index (χ1) is 13.3. The molecule has 2 aromatic rings. The van der Waals surface area contributed by atoms with E-state index in [4.69, 9.17) is 4.74 Å². The second-order valence-corrected chi connectivity index (χ2v) is 7.59. The molecule has 1 saturated heterocycles. The second kappa shape index (κ2) is 8.68. The van der Waals surface area contributed by atoms with Crippen molar-refractivity contribution in [2.45, 2.75) is 25.4 Å². The van der Waals surface area contributed by atoms with Gasteiger partial charge in [-0.3, -0.25) is 9.69 Å². The zero-order valence-electron chi connectivity index (χ0n) is 15.8. The molecule has 2 aliphatic rings. The third kappa shape index (κ3) is 4.96. The lowest BCUT2D eigenvalue weighted by molar-refractivity contribution is -0.120. The number of hydrogen-bond acceptors (Lipinski definition) is 3. The Morgan fingerprint density at radius 2 is 1.74 bits per heavy atom. The van der Waals surface area contributed by atoms with Crippen molar-refractivity contribution < 1.29 is 9.53 Å². The van der Waals surface area contributed by atoms with Gasteiger partial charge in [0.15, 0.2) is 0 Å². The van der Waals surface area contributed by atoms with Crippen LogP contribution in [0.4, 0.5) is 5.69 Å². The molecule has 0 radical (unpaired) electrons. The Hall–Kier alpha value is -2.17. The van der Waals surface area contributed by atoms with Gasteiger partial charge >= 0.3 is 0 Å². The van der Waals surface area contributed by atoms with E-state index in [-0.39, 0.29) is 17.9 Å². The molecule has 0 aromatic heterocycles. The average Bonchev–Trinajstić information content (AvgIpc) is 3.57. The fourth-order valence-corrected chi connectivity index (χ4v) is 3.71. The third-order valence-corrected chi connectivity index (χ3v) is 5.43. The summed E-state index contributed by atoms with van der Waals surface area (Å²) in [6.07, 6.45) is 3.17. The van der Waals surface area contributed by atoms with Crippen molar-refractivity contribution in [2.24, 2.45) is 5.92 Å². The molecule has 4 nitrogen and oxygen atoms in total. The Bertz CT molecular complexity index is 731. The van der Waals surface area contributed by atoms with Crippen molar-refractivity contribution in [3.8, 4) is 0 Å². The average molecular weight is 364 g/mol. The van der Waals surface area contributed by atoms with Crippen LogP contribution in [0.5, 0.6) is 0 Å². The summed E-state index contributed by atoms with van der Waals surface area (Å²) in [6.45, 7) is 4.26. The lowest BCUT2D eigenvalue weighted by Crippen LogP contribution is -2.49. The number of para-hydroxylation sites is 1. The van der Waals surface area contributed by atoms with Crippen LogP contribution in [0, 0.1) is 5.92 Å². The minimum Gasteiger partial charge on any atom is -0.374 e. The molecule has 0 bridgehead atoms. The minimum absolute atomic E-state index is 0.0671. The molecule has 1 saturated carbocycles. The highest BCUT2D eigenvalue weighted by atomic mass is 16.5. The van der Waals surface area contributed by atoms with Crippen LogP contribution >= 0.6 is 0 Å². The molecule has 2 aromatic carbocycles. The molecule has 27 heavy (non-hydrogen) atoms. The third-order valence-electron chi connectivity index (χ3n) is 5.43. The second-order valence-electron chi connectivity index (χ2n) is 7.59. The van der Waals surface area contributed by atoms with Gasteiger partial charge in [0.25, 0.3) is 0 Å². The zero-order valence-corrected chi connectivity index (χ0v) is 15.8. The normalized spacial score (nSPS) is 20.4. The zero-order chi connectivity index (χ0) is 18.5. The number of rotatable bonds is 7. The highest BCUT2D eigenvalue weighted by molar-refractivity contribution is 5.96. The highest BCUT2D eigenvalue weighted by Crippen LogP contribution is 2.33. The molecule has 0 spiro atoms. The van der Waals surface area contributed by atoms with Crippen LogP contribution in [0.3, 0.4) is 0 Å². The number of amides is 1. The molecule has 1 heterocycles. The van der Waals surface area contributed by atoms with Gasteiger partial charge in [-0.05, 0) is 37.0 Å². The fourth-order valence-electron chi connectivity index (χ4n) is 3.71. The SMILES string of the molecule is O=C(C1CC1)N(CC1CN(CCc2ccccc2)CCO1)c1ccccc1. The van der Waals surface area contributed by atoms with E-state index in [2.05, 4.69) is 35.2 Å². The van der Waals surface area contributed by atoms with E-state index < -0.39 is 0 Å². The lowest BCUT2D eigenvalue weighted by atomic mass is 10.1. The predicted molar refractivity (Wildman–Crippen MR) is 108 cm³/mol. The molecule has 1 atom stereocenters. The van der Waals surface area contributed by atoms with Crippen molar-refractivity contribution >= 4 is 11.6 Å². The van der Waals surface area contributed by atoms with Crippen molar-refractivity contribution in [1.29, 1.82) is 0 Å². The van der Waals surface area contributed by atoms with E-state index in [0.717, 1.165) is 51.2 Å². The van der Waals surface area contributed by atoms with Crippen LogP contribution < -0.4 is 4.90 Å². The molecule has 1 unspecified atom stereocenters. The van der Waals surface area contributed by atoms with Gasteiger partial charge in [-0.25, -0.2) is 0 Å². The maximum atomic E-state index is 12.8. The summed E-state index contributed by atoms with van der Waals surface area (Å²) in [4.78, 5) is 17.2. The van der Waals surface area contributed by atoms with Crippen LogP contribution in [-0.2, 0) is 16.0 Å². The van der Waals surface area contributed by atoms with E-state index in [0.29, 0.717) is 6.54 Å². The molecule has 1 aliphatic carbocycles. The summed E-state index contributed by atoms with van der Waals surface area (Å²) < 4.78 is 6.03. The van der Waals surface area contributed by atoms with E-state index in [1.165, 1.54) is 5.56 Å². The van der Waals surface area contributed by atoms with Crippen LogP contribution in [0.15, 0.2) is 60.7 Å². The molecule has 1 amide bonds. The monoisotopic (exact) mass is 364 g/mol. The van der Waals surface area contributed by atoms with Crippen molar-refractivity contribution in [1.82, 2.24) is 4.90 Å². The molecule has 2 fully saturated rings. The highest BCUT2D eigenvalue weighted by Gasteiger charge is 2.35. The molecule has 0 N–H and O–H groups in total. The van der Waals surface area contributed by atoms with Gasteiger partial charge in [-0.15, -0.1) is 0 Å². The summed E-state index contributed by atoms with van der Waals surface area (Å²) in [6, 6.07) is 20.7. The Balaban J connectivity index is 1.37. The van der Waals surface area contributed by atoms with Crippen LogP contribution in [0.2, 0.25) is 0 Å². The Morgan fingerprint density at radius 1 is 1.04 bits per heavy atom. The maximum absolute atomic E-state index is 12.8. The quantitative estimate of drug-likeness (QED) is 0.755. The van der Waals surface area contributed by atoms with Gasteiger partial charge in [-0.2, -0.15) is 0 Å². The van der Waals surface area contributed by atoms with Crippen molar-refractivity contribution in [3.05, 3.63) is 66.2 Å². The molecule has 4 rings (SSSR count). The van der Waals surface area contributed by atoms with Gasteiger partial charge in [0, 0.05) is 31.2 Å². The molecule has 1 aliphatic heterocycles. The van der Waals surface area contributed by atoms with E-state index >= 15 is 0 Å². The van der Waals surface area contributed by atoms with E-state index in [1.54, 1.807) is 0 Å². The van der Waals surface area contributed by atoms with Gasteiger partial charge < -0.3 is 9.64 Å². The number of carbonyl (C=O) groups excluding carboxylic acids is 1. The lowest BCUT2D eigenvalue weighted by Gasteiger charge is -2.36. The summed E-state index contributed by atoms with van der Waals surface area (Å²) in [7, 11) is 0. The summed E-state index contributed by atoms with van der Waals surface area (Å²) in [5, 5.41) is 0. The molecule has 4 heteroatoms. The Labute approximate surface area is 161 Å². The largest absolute Gasteiger partial charge is 0.374 e. The smallest absolute Gasteiger partial charge is 0.230 e. The topological polar surface area (TPSA) is 32.8 Å². The summed E-state index contributed by atoms with van der Waals surface area (Å²) >= 11 is 0. The van der Waals surface area contributed by atoms with Gasteiger partial charge in [0.05, 0.1) is 19.3 Å². The van der Waals surface area contributed by atoms with Crippen LogP contribution in [-0.4, -0.2) is 49.7 Å². The van der Waals surface area contributed by atoms with Gasteiger partial charge in [0.2, 0.25) is 5.91 Å². The Kier molecular flexibility index (Phi) is 5.85. The van der Waals surface area contributed by atoms with Crippen molar-refractivity contribution in [3.63, 3.8) is 0 Å². The number of nitrogens with zero attached hydrogens (tertiary/aromatic N) is 2. The van der Waals surface area contributed by atoms with Gasteiger partial charge in [0.1, 0.15) is 0 Å². The maximum Gasteiger partial charge on any atom is 0.230 e. The first-order valence-electron chi connectivity index (χ1n) is 10.0. The number of hydrogen-bond donors (Lipinski definition) is 0. The number of benzene rings is 2. The fraction of sp³-hybridized carbons (Fsp3) is 0.435. The van der Waals surface area contributed by atoms with Crippen molar-refractivity contribution in [2.75, 3.05) is 37.7 Å². The Morgan fingerprint density at radius 3 is 2.44 bits per heavy atom. The number of carbonyl (C=O) groups is 1.